The van der Waals surface area contributed by atoms with Gasteiger partial charge in [-0.25, -0.2) is 9.78 Å². The average molecular weight is 392 g/mol. The SMILES string of the molecule is N#Cc1cc(Oc2ccc(NC(=O)N3C[C@@H]4CCC[C@@]4(C(=O)O)C3)cc2)ccn1. The zero-order valence-electron chi connectivity index (χ0n) is 15.7. The number of rotatable bonds is 4. The van der Waals surface area contributed by atoms with E-state index >= 15 is 0 Å². The Morgan fingerprint density at radius 2 is 2.07 bits per heavy atom. The fourth-order valence-corrected chi connectivity index (χ4v) is 4.27. The third-order valence-electron chi connectivity index (χ3n) is 5.77. The number of hydrogen-bond donors (Lipinski definition) is 2. The zero-order valence-corrected chi connectivity index (χ0v) is 15.7. The van der Waals surface area contributed by atoms with Gasteiger partial charge in [-0.05, 0) is 49.1 Å². The molecule has 8 nitrogen and oxygen atoms in total. The number of nitrogens with one attached hydrogen (secondary N) is 1. The summed E-state index contributed by atoms with van der Waals surface area (Å²) in [6, 6.07) is 11.7. The predicted molar refractivity (Wildman–Crippen MR) is 103 cm³/mol. The molecule has 2 heterocycles. The van der Waals surface area contributed by atoms with Crippen molar-refractivity contribution in [3.05, 3.63) is 48.3 Å². The summed E-state index contributed by atoms with van der Waals surface area (Å²) in [4.78, 5) is 29.9. The van der Waals surface area contributed by atoms with Crippen LogP contribution in [0.3, 0.4) is 0 Å². The van der Waals surface area contributed by atoms with Crippen LogP contribution in [0.5, 0.6) is 11.5 Å². The van der Waals surface area contributed by atoms with Crippen LogP contribution in [0.4, 0.5) is 10.5 Å². The summed E-state index contributed by atoms with van der Waals surface area (Å²) in [5.41, 5.74) is 0.0686. The molecule has 148 valence electrons. The van der Waals surface area contributed by atoms with E-state index in [1.807, 2.05) is 6.07 Å². The number of carboxylic acids is 1. The number of carbonyl (C=O) groups is 2. The van der Waals surface area contributed by atoms with E-state index in [0.29, 0.717) is 30.2 Å². The summed E-state index contributed by atoms with van der Waals surface area (Å²) >= 11 is 0. The van der Waals surface area contributed by atoms with Crippen LogP contribution in [0.25, 0.3) is 0 Å². The Balaban J connectivity index is 1.38. The van der Waals surface area contributed by atoms with Crippen LogP contribution in [0.15, 0.2) is 42.6 Å². The van der Waals surface area contributed by atoms with Gasteiger partial charge in [0, 0.05) is 31.0 Å². The van der Waals surface area contributed by atoms with Gasteiger partial charge in [-0.3, -0.25) is 4.79 Å². The van der Waals surface area contributed by atoms with Crippen LogP contribution in [-0.2, 0) is 4.79 Å². The van der Waals surface area contributed by atoms with Gasteiger partial charge in [-0.2, -0.15) is 5.26 Å². The Labute approximate surface area is 167 Å². The lowest BCUT2D eigenvalue weighted by Gasteiger charge is -2.23. The summed E-state index contributed by atoms with van der Waals surface area (Å²) in [5, 5.41) is 21.4. The molecule has 2 atom stereocenters. The second kappa shape index (κ2) is 7.43. The first-order valence-corrected chi connectivity index (χ1v) is 9.43. The van der Waals surface area contributed by atoms with Gasteiger partial charge in [0.25, 0.3) is 0 Å². The Morgan fingerprint density at radius 1 is 1.28 bits per heavy atom. The Kier molecular flexibility index (Phi) is 4.80. The van der Waals surface area contributed by atoms with Crippen LogP contribution >= 0.6 is 0 Å². The molecule has 1 aromatic carbocycles. The Morgan fingerprint density at radius 3 is 2.76 bits per heavy atom. The first kappa shape index (κ1) is 18.7. The van der Waals surface area contributed by atoms with Crippen molar-refractivity contribution >= 4 is 17.7 Å². The molecule has 1 aromatic heterocycles. The number of fused-ring (bicyclic) bond motifs is 1. The van der Waals surface area contributed by atoms with E-state index in [-0.39, 0.29) is 24.2 Å². The molecule has 1 saturated carbocycles. The lowest BCUT2D eigenvalue weighted by Crippen LogP contribution is -2.38. The van der Waals surface area contributed by atoms with E-state index in [9.17, 15) is 14.7 Å². The van der Waals surface area contributed by atoms with Gasteiger partial charge in [0.05, 0.1) is 5.41 Å². The van der Waals surface area contributed by atoms with Gasteiger partial charge in [0.1, 0.15) is 23.3 Å². The van der Waals surface area contributed by atoms with Gasteiger partial charge in [0.15, 0.2) is 0 Å². The number of anilines is 1. The van der Waals surface area contributed by atoms with Crippen LogP contribution < -0.4 is 10.1 Å². The molecule has 29 heavy (non-hydrogen) atoms. The van der Waals surface area contributed by atoms with Gasteiger partial charge in [-0.1, -0.05) is 6.42 Å². The lowest BCUT2D eigenvalue weighted by molar-refractivity contribution is -0.149. The topological polar surface area (TPSA) is 116 Å². The fraction of sp³-hybridized carbons (Fsp3) is 0.333. The first-order valence-electron chi connectivity index (χ1n) is 9.43. The van der Waals surface area contributed by atoms with Gasteiger partial charge in [0.2, 0.25) is 0 Å². The standard InChI is InChI=1S/C21H20N4O4/c22-11-16-10-18(7-9-23-16)29-17-5-3-15(4-6-17)24-20(28)25-12-14-2-1-8-21(14,13-25)19(26)27/h3-7,9-10,14H,1-2,8,12-13H2,(H,24,28)(H,26,27)/t14-,21+/m0/s1. The Bertz CT molecular complexity index is 985. The van der Waals surface area contributed by atoms with Crippen molar-refractivity contribution in [2.75, 3.05) is 18.4 Å². The largest absolute Gasteiger partial charge is 0.481 e. The molecule has 0 bridgehead atoms. The van der Waals surface area contributed by atoms with E-state index in [2.05, 4.69) is 10.3 Å². The molecule has 2 aliphatic rings. The summed E-state index contributed by atoms with van der Waals surface area (Å²) in [6.07, 6.45) is 3.88. The fourth-order valence-electron chi connectivity index (χ4n) is 4.27. The molecule has 2 fully saturated rings. The van der Waals surface area contributed by atoms with Crippen LogP contribution in [-0.4, -0.2) is 40.1 Å². The Hall–Kier alpha value is -3.60. The minimum Gasteiger partial charge on any atom is -0.481 e. The molecule has 1 saturated heterocycles. The summed E-state index contributed by atoms with van der Waals surface area (Å²) in [6.45, 7) is 0.728. The normalized spacial score (nSPS) is 22.6. The molecule has 2 aromatic rings. The number of carbonyl (C=O) groups excluding carboxylic acids is 1. The van der Waals surface area contributed by atoms with E-state index in [1.165, 1.54) is 12.3 Å². The molecule has 1 aliphatic carbocycles. The van der Waals surface area contributed by atoms with E-state index in [1.54, 1.807) is 35.2 Å². The van der Waals surface area contributed by atoms with Crippen LogP contribution in [0.2, 0.25) is 0 Å². The number of hydrogen-bond acceptors (Lipinski definition) is 5. The van der Waals surface area contributed by atoms with E-state index < -0.39 is 11.4 Å². The van der Waals surface area contributed by atoms with Crippen molar-refractivity contribution in [3.63, 3.8) is 0 Å². The molecule has 0 unspecified atom stereocenters. The predicted octanol–water partition coefficient (Wildman–Crippen LogP) is 3.46. The molecule has 2 amide bonds. The monoisotopic (exact) mass is 392 g/mol. The minimum atomic E-state index is -0.799. The highest BCUT2D eigenvalue weighted by molar-refractivity contribution is 5.90. The number of urea groups is 1. The van der Waals surface area contributed by atoms with Gasteiger partial charge < -0.3 is 20.1 Å². The molecular formula is C21H20N4O4. The summed E-state index contributed by atoms with van der Waals surface area (Å²) in [7, 11) is 0. The number of nitrogens with zero attached hydrogens (tertiary/aromatic N) is 3. The number of pyridine rings is 1. The second-order valence-corrected chi connectivity index (χ2v) is 7.48. The van der Waals surface area contributed by atoms with Crippen molar-refractivity contribution in [2.24, 2.45) is 11.3 Å². The van der Waals surface area contributed by atoms with Crippen molar-refractivity contribution in [3.8, 4) is 17.6 Å². The lowest BCUT2D eigenvalue weighted by atomic mass is 9.81. The third kappa shape index (κ3) is 3.59. The molecule has 4 rings (SSSR count). The summed E-state index contributed by atoms with van der Waals surface area (Å²) in [5.74, 6) is 0.280. The highest BCUT2D eigenvalue weighted by Crippen LogP contribution is 2.48. The molecule has 1 aliphatic heterocycles. The number of ether oxygens (including phenoxy) is 1. The molecular weight excluding hydrogens is 372 g/mol. The van der Waals surface area contributed by atoms with Gasteiger partial charge >= 0.3 is 12.0 Å². The number of nitriles is 1. The average Bonchev–Trinajstić information content (AvgIpc) is 3.28. The summed E-state index contributed by atoms with van der Waals surface area (Å²) < 4.78 is 5.69. The maximum absolute atomic E-state index is 12.6. The third-order valence-corrected chi connectivity index (χ3v) is 5.77. The van der Waals surface area contributed by atoms with Crippen molar-refractivity contribution in [2.45, 2.75) is 19.3 Å². The van der Waals surface area contributed by atoms with Crippen LogP contribution in [0, 0.1) is 22.7 Å². The minimum absolute atomic E-state index is 0.0280. The highest BCUT2D eigenvalue weighted by atomic mass is 16.5. The number of aliphatic carboxylic acids is 1. The quantitative estimate of drug-likeness (QED) is 0.823. The first-order chi connectivity index (χ1) is 14.0. The highest BCUT2D eigenvalue weighted by Gasteiger charge is 2.55. The zero-order chi connectivity index (χ0) is 20.4. The van der Waals surface area contributed by atoms with Gasteiger partial charge in [-0.15, -0.1) is 0 Å². The maximum atomic E-state index is 12.6. The van der Waals surface area contributed by atoms with E-state index in [4.69, 9.17) is 10.00 Å². The molecule has 0 radical (unpaired) electrons. The second-order valence-electron chi connectivity index (χ2n) is 7.48. The van der Waals surface area contributed by atoms with Crippen molar-refractivity contribution < 1.29 is 19.4 Å². The smallest absolute Gasteiger partial charge is 0.321 e. The number of benzene rings is 1. The molecule has 2 N–H and O–H groups in total. The molecule has 8 heteroatoms. The number of carboxylic acid groups (broad SMARTS) is 1. The number of amides is 2. The molecule has 0 spiro atoms. The maximum Gasteiger partial charge on any atom is 0.321 e. The van der Waals surface area contributed by atoms with Crippen LogP contribution in [0.1, 0.15) is 25.0 Å². The van der Waals surface area contributed by atoms with Crippen molar-refractivity contribution in [1.82, 2.24) is 9.88 Å². The van der Waals surface area contributed by atoms with Crippen molar-refractivity contribution in [1.29, 1.82) is 5.26 Å². The number of likely N-dealkylation sites (tertiary alicyclic amines) is 1. The van der Waals surface area contributed by atoms with E-state index in [0.717, 1.165) is 12.8 Å². The number of aromatic nitrogens is 1.